The number of aromatic nitrogens is 2. The van der Waals surface area contributed by atoms with E-state index in [9.17, 15) is 0 Å². The summed E-state index contributed by atoms with van der Waals surface area (Å²) < 4.78 is 2.23. The summed E-state index contributed by atoms with van der Waals surface area (Å²) in [5, 5.41) is 6.23. The van der Waals surface area contributed by atoms with E-state index in [1.165, 1.54) is 16.3 Å². The Morgan fingerprint density at radius 1 is 0.775 bits per heavy atom. The molecule has 6 heteroatoms. The number of anilines is 3. The molecule has 0 unspecified atom stereocenters. The first-order valence-electron chi connectivity index (χ1n) is 13.2. The summed E-state index contributed by atoms with van der Waals surface area (Å²) in [6.07, 6.45) is 1.87. The molecule has 202 valence electrons. The summed E-state index contributed by atoms with van der Waals surface area (Å²) in [5.41, 5.74) is 8.19. The van der Waals surface area contributed by atoms with E-state index in [-0.39, 0.29) is 26.5 Å². The van der Waals surface area contributed by atoms with Gasteiger partial charge in [-0.1, -0.05) is 49.7 Å². The molecule has 5 nitrogen and oxygen atoms in total. The van der Waals surface area contributed by atoms with Crippen LogP contribution in [0, 0.1) is 19.1 Å². The van der Waals surface area contributed by atoms with Gasteiger partial charge in [-0.15, -0.1) is 27.6 Å². The fourth-order valence-corrected chi connectivity index (χ4v) is 5.55. The van der Waals surface area contributed by atoms with E-state index in [1.807, 2.05) is 41.6 Å². The van der Waals surface area contributed by atoms with E-state index in [2.05, 4.69) is 110 Å². The van der Waals surface area contributed by atoms with Crippen LogP contribution >= 0.6 is 0 Å². The van der Waals surface area contributed by atoms with Crippen molar-refractivity contribution in [3.05, 3.63) is 126 Å². The molecule has 1 aliphatic heterocycles. The standard InChI is InChI=1S/C34H28N4O.Pt/c1-23-18-19-35-33(20-23)37-29-13-6-5-12-27(29)28-17-16-25(22-32(28)37)34(2,3)24-10-9-11-26(21-24)38-31-15-8-7-14-30(31)36(4)39-38;/h5-20H,1-4H3;/q-2;/p+1. The largest absolute Gasteiger partial charge is 0.319 e. The third-order valence-corrected chi connectivity index (χ3v) is 7.75. The maximum Gasteiger partial charge on any atom is 0.145 e. The molecule has 0 atom stereocenters. The van der Waals surface area contributed by atoms with Gasteiger partial charge >= 0.3 is 0 Å². The minimum absolute atomic E-state index is 0. The van der Waals surface area contributed by atoms with Gasteiger partial charge in [0.2, 0.25) is 0 Å². The third kappa shape index (κ3) is 4.12. The second kappa shape index (κ2) is 9.92. The van der Waals surface area contributed by atoms with Crippen molar-refractivity contribution in [2.75, 3.05) is 17.2 Å². The van der Waals surface area contributed by atoms with Gasteiger partial charge in [0.15, 0.2) is 0 Å². The number of para-hydroxylation sites is 3. The summed E-state index contributed by atoms with van der Waals surface area (Å²) in [6.45, 7) is 6.57. The Bertz CT molecular complexity index is 1880. The SMILES string of the molecule is Cc1ccnc(-n2c3[c-]c(C(C)(C)c4[c-]c(N5[OH+]N(C)c6ccccc65)ccc4)ccc3c3ccccc32)c1.[Pt]. The topological polar surface area (TPSA) is 37.1 Å². The van der Waals surface area contributed by atoms with Gasteiger partial charge in [-0.05, 0) is 53.6 Å². The Labute approximate surface area is 248 Å². The van der Waals surface area contributed by atoms with Gasteiger partial charge in [-0.2, -0.15) is 46.4 Å². The summed E-state index contributed by atoms with van der Waals surface area (Å²) in [7, 11) is 1.97. The Balaban J connectivity index is 0.00000289. The minimum Gasteiger partial charge on any atom is -0.319 e. The van der Waals surface area contributed by atoms with Gasteiger partial charge in [-0.3, -0.25) is 0 Å². The smallest absolute Gasteiger partial charge is 0.145 e. The normalized spacial score (nSPS) is 13.1. The van der Waals surface area contributed by atoms with Crippen LogP contribution in [-0.2, 0) is 26.5 Å². The molecule has 4 aromatic carbocycles. The van der Waals surface area contributed by atoms with E-state index < -0.39 is 0 Å². The van der Waals surface area contributed by atoms with Crippen molar-refractivity contribution in [3.63, 3.8) is 0 Å². The summed E-state index contributed by atoms with van der Waals surface area (Å²) in [4.78, 5) is 9.49. The summed E-state index contributed by atoms with van der Waals surface area (Å²) in [5.74, 6) is 0.902. The Kier molecular flexibility index (Phi) is 6.53. The number of aryl methyl sites for hydroxylation is 1. The molecule has 0 aliphatic carbocycles. The third-order valence-electron chi connectivity index (χ3n) is 7.75. The molecule has 0 fully saturated rings. The second-order valence-electron chi connectivity index (χ2n) is 10.7. The second-order valence-corrected chi connectivity index (χ2v) is 10.7. The molecule has 0 saturated heterocycles. The summed E-state index contributed by atoms with van der Waals surface area (Å²) in [6, 6.07) is 39.1. The molecule has 6 aromatic rings. The molecule has 7 rings (SSSR count). The van der Waals surface area contributed by atoms with Crippen LogP contribution in [0.1, 0.15) is 30.5 Å². The number of hydroxylamine groups is 1. The number of fused-ring (bicyclic) bond motifs is 4. The fourth-order valence-electron chi connectivity index (χ4n) is 5.55. The molecule has 2 aromatic heterocycles. The van der Waals surface area contributed by atoms with Crippen LogP contribution < -0.4 is 10.1 Å². The summed E-state index contributed by atoms with van der Waals surface area (Å²) >= 11 is 0. The van der Waals surface area contributed by atoms with Gasteiger partial charge in [-0.25, -0.2) is 4.98 Å². The number of nitrogens with zero attached hydrogens (tertiary/aromatic N) is 4. The maximum absolute atomic E-state index is 4.76. The Hall–Kier alpha value is -3.92. The zero-order valence-corrected chi connectivity index (χ0v) is 25.1. The van der Waals surface area contributed by atoms with E-state index >= 15 is 0 Å². The van der Waals surface area contributed by atoms with Crippen LogP contribution in [0.2, 0.25) is 0 Å². The molecule has 0 saturated carbocycles. The van der Waals surface area contributed by atoms with Gasteiger partial charge < -0.3 is 4.57 Å². The zero-order valence-electron chi connectivity index (χ0n) is 22.8. The van der Waals surface area contributed by atoms with Crippen LogP contribution in [0.3, 0.4) is 0 Å². The monoisotopic (exact) mass is 704 g/mol. The van der Waals surface area contributed by atoms with Crippen molar-refractivity contribution in [1.82, 2.24) is 9.55 Å². The number of rotatable bonds is 4. The average molecular weight is 705 g/mol. The zero-order chi connectivity index (χ0) is 26.7. The Morgan fingerprint density at radius 2 is 1.52 bits per heavy atom. The molecular formula is C34H29N4OPt-. The molecule has 3 heterocycles. The molecular weight excluding hydrogens is 675 g/mol. The first-order valence-corrected chi connectivity index (χ1v) is 13.2. The van der Waals surface area contributed by atoms with Gasteiger partial charge in [0, 0.05) is 38.5 Å². The van der Waals surface area contributed by atoms with E-state index in [4.69, 9.17) is 9.92 Å². The molecule has 0 spiro atoms. The van der Waals surface area contributed by atoms with Crippen LogP contribution in [0.4, 0.5) is 17.1 Å². The van der Waals surface area contributed by atoms with Crippen molar-refractivity contribution < 1.29 is 26.0 Å². The van der Waals surface area contributed by atoms with Crippen LogP contribution in [0.25, 0.3) is 27.6 Å². The quantitative estimate of drug-likeness (QED) is 0.139. The Morgan fingerprint density at radius 3 is 2.35 bits per heavy atom. The molecule has 1 aliphatic rings. The van der Waals surface area contributed by atoms with Gasteiger partial charge in [0.25, 0.3) is 0 Å². The van der Waals surface area contributed by atoms with Crippen molar-refractivity contribution in [2.45, 2.75) is 26.2 Å². The van der Waals surface area contributed by atoms with E-state index in [0.717, 1.165) is 45.0 Å². The number of pyridine rings is 1. The number of hydrogen-bond donors (Lipinski definition) is 0. The first kappa shape index (κ1) is 26.3. The first-order chi connectivity index (χ1) is 18.9. The van der Waals surface area contributed by atoms with E-state index in [0.29, 0.717) is 0 Å². The molecule has 0 radical (unpaired) electrons. The predicted octanol–water partition coefficient (Wildman–Crippen LogP) is 7.84. The van der Waals surface area contributed by atoms with Crippen molar-refractivity contribution in [2.24, 2.45) is 0 Å². The van der Waals surface area contributed by atoms with Crippen molar-refractivity contribution >= 4 is 38.9 Å². The van der Waals surface area contributed by atoms with E-state index in [1.54, 1.807) is 0 Å². The molecule has 0 amide bonds. The van der Waals surface area contributed by atoms with Crippen LogP contribution in [0.15, 0.2) is 97.2 Å². The fraction of sp³-hybridized carbons (Fsp3) is 0.147. The predicted molar refractivity (Wildman–Crippen MR) is 158 cm³/mol. The minimum atomic E-state index is -0.351. The van der Waals surface area contributed by atoms with Gasteiger partial charge in [0.05, 0.1) is 7.05 Å². The molecule has 1 N–H and O–H groups in total. The maximum atomic E-state index is 4.76. The van der Waals surface area contributed by atoms with Crippen molar-refractivity contribution in [3.8, 4) is 5.82 Å². The van der Waals surface area contributed by atoms with Crippen molar-refractivity contribution in [1.29, 1.82) is 0 Å². The number of benzene rings is 4. The van der Waals surface area contributed by atoms with Gasteiger partial charge in [0.1, 0.15) is 17.2 Å². The average Bonchev–Trinajstić information content (AvgIpc) is 3.48. The van der Waals surface area contributed by atoms with Crippen LogP contribution in [-0.4, -0.2) is 21.5 Å². The molecule has 40 heavy (non-hydrogen) atoms. The van der Waals surface area contributed by atoms with Crippen LogP contribution in [0.5, 0.6) is 0 Å². The number of hydrogen-bond acceptors (Lipinski definition) is 3. The molecule has 0 bridgehead atoms.